The van der Waals surface area contributed by atoms with Gasteiger partial charge in [0, 0.05) is 0 Å². The smallest absolute Gasteiger partial charge is 0.338 e. The van der Waals surface area contributed by atoms with Gasteiger partial charge < -0.3 is 9.47 Å². The van der Waals surface area contributed by atoms with E-state index in [4.69, 9.17) is 9.47 Å². The van der Waals surface area contributed by atoms with E-state index >= 15 is 0 Å². The molecule has 2 atom stereocenters. The Labute approximate surface area is 118 Å². The van der Waals surface area contributed by atoms with Gasteiger partial charge in [-0.2, -0.15) is 0 Å². The maximum absolute atomic E-state index is 12.0. The van der Waals surface area contributed by atoms with Gasteiger partial charge in [0.1, 0.15) is 0 Å². The van der Waals surface area contributed by atoms with Gasteiger partial charge >= 0.3 is 11.9 Å². The molecule has 20 heavy (non-hydrogen) atoms. The first-order chi connectivity index (χ1) is 9.74. The van der Waals surface area contributed by atoms with Gasteiger partial charge in [0.25, 0.3) is 0 Å². The monoisotopic (exact) mass is 274 g/mol. The minimum Gasteiger partial charge on any atom is -0.462 e. The van der Waals surface area contributed by atoms with Gasteiger partial charge in [-0.3, -0.25) is 0 Å². The summed E-state index contributed by atoms with van der Waals surface area (Å²) in [5, 5.41) is 0. The third-order valence-electron chi connectivity index (χ3n) is 4.28. The van der Waals surface area contributed by atoms with Gasteiger partial charge in [0.2, 0.25) is 0 Å². The van der Waals surface area contributed by atoms with Gasteiger partial charge in [-0.25, -0.2) is 9.59 Å². The molecule has 106 valence electrons. The molecule has 0 aromatic heterocycles. The fourth-order valence-corrected chi connectivity index (χ4v) is 3.00. The molecular formula is C16H18O4. The maximum Gasteiger partial charge on any atom is 0.338 e. The van der Waals surface area contributed by atoms with Crippen LogP contribution in [0.1, 0.15) is 46.4 Å². The summed E-state index contributed by atoms with van der Waals surface area (Å²) >= 11 is 0. The SMILES string of the molecule is O=C1OCC2CCCC[C@@H]2COC(=O)c2ccc1cc2. The summed E-state index contributed by atoms with van der Waals surface area (Å²) in [6, 6.07) is 6.44. The number of ether oxygens (including phenoxy) is 2. The zero-order valence-corrected chi connectivity index (χ0v) is 11.3. The molecule has 4 heteroatoms. The van der Waals surface area contributed by atoms with E-state index in [0.717, 1.165) is 25.7 Å². The van der Waals surface area contributed by atoms with Crippen molar-refractivity contribution in [2.45, 2.75) is 25.7 Å². The average molecular weight is 274 g/mol. The standard InChI is InChI=1S/C16H18O4/c17-15-11-5-7-12(8-6-11)16(18)20-10-14-4-2-1-3-13(14)9-19-15/h5-8,13-14H,1-4,9-10H2/t13-,14?/m1/s1. The van der Waals surface area contributed by atoms with Crippen LogP contribution in [0.5, 0.6) is 0 Å². The van der Waals surface area contributed by atoms with Crippen molar-refractivity contribution < 1.29 is 19.1 Å². The highest BCUT2D eigenvalue weighted by molar-refractivity contribution is 5.93. The van der Waals surface area contributed by atoms with Crippen LogP contribution in [0.3, 0.4) is 0 Å². The van der Waals surface area contributed by atoms with Crippen LogP contribution >= 0.6 is 0 Å². The van der Waals surface area contributed by atoms with Crippen LogP contribution in [0.2, 0.25) is 0 Å². The molecule has 0 saturated heterocycles. The van der Waals surface area contributed by atoms with E-state index < -0.39 is 0 Å². The number of carbonyl (C=O) groups excluding carboxylic acids is 2. The lowest BCUT2D eigenvalue weighted by Gasteiger charge is -2.31. The summed E-state index contributed by atoms with van der Waals surface area (Å²) in [6.45, 7) is 0.839. The Bertz CT molecular complexity index is 459. The van der Waals surface area contributed by atoms with Gasteiger partial charge in [-0.1, -0.05) is 12.8 Å². The van der Waals surface area contributed by atoms with E-state index in [1.807, 2.05) is 0 Å². The molecule has 4 rings (SSSR count). The van der Waals surface area contributed by atoms with Crippen LogP contribution in [0.15, 0.2) is 24.3 Å². The summed E-state index contributed by atoms with van der Waals surface area (Å²) in [5.41, 5.74) is 0.962. The fraction of sp³-hybridized carbons (Fsp3) is 0.500. The Morgan fingerprint density at radius 2 is 1.15 bits per heavy atom. The average Bonchev–Trinajstić information content (AvgIpc) is 2.50. The lowest BCUT2D eigenvalue weighted by Crippen LogP contribution is -2.30. The van der Waals surface area contributed by atoms with Crippen LogP contribution in [0, 0.1) is 11.8 Å². The minimum absolute atomic E-state index is 0.303. The van der Waals surface area contributed by atoms with Gasteiger partial charge in [-0.15, -0.1) is 0 Å². The first-order valence-corrected chi connectivity index (χ1v) is 7.18. The normalized spacial score (nSPS) is 26.8. The molecule has 2 aliphatic heterocycles. The molecular weight excluding hydrogens is 256 g/mol. The second-order valence-corrected chi connectivity index (χ2v) is 5.58. The highest BCUT2D eigenvalue weighted by Crippen LogP contribution is 2.31. The van der Waals surface area contributed by atoms with Gasteiger partial charge in [0.05, 0.1) is 24.3 Å². The number of hydrogen-bond acceptors (Lipinski definition) is 4. The first-order valence-electron chi connectivity index (χ1n) is 7.18. The van der Waals surface area contributed by atoms with Crippen molar-refractivity contribution in [2.75, 3.05) is 13.2 Å². The Morgan fingerprint density at radius 1 is 0.750 bits per heavy atom. The zero-order valence-electron chi connectivity index (χ0n) is 11.3. The van der Waals surface area contributed by atoms with Crippen molar-refractivity contribution >= 4 is 11.9 Å². The Morgan fingerprint density at radius 3 is 1.55 bits per heavy atom. The molecule has 4 nitrogen and oxygen atoms in total. The van der Waals surface area contributed by atoms with E-state index in [-0.39, 0.29) is 11.9 Å². The van der Waals surface area contributed by atoms with Crippen LogP contribution < -0.4 is 0 Å². The summed E-state index contributed by atoms with van der Waals surface area (Å²) in [6.07, 6.45) is 4.38. The molecule has 2 bridgehead atoms. The summed E-state index contributed by atoms with van der Waals surface area (Å²) in [5.74, 6) is -0.0151. The summed E-state index contributed by atoms with van der Waals surface area (Å²) in [4.78, 5) is 23.9. The molecule has 1 unspecified atom stereocenters. The van der Waals surface area contributed by atoms with Crippen LogP contribution in [0.4, 0.5) is 0 Å². The molecule has 1 saturated carbocycles. The van der Waals surface area contributed by atoms with E-state index in [2.05, 4.69) is 0 Å². The molecule has 0 amide bonds. The van der Waals surface area contributed by atoms with Gasteiger partial charge in [0.15, 0.2) is 0 Å². The van der Waals surface area contributed by atoms with Crippen molar-refractivity contribution in [1.82, 2.24) is 0 Å². The third-order valence-corrected chi connectivity index (χ3v) is 4.28. The minimum atomic E-state index is -0.310. The second-order valence-electron chi connectivity index (χ2n) is 5.58. The van der Waals surface area contributed by atoms with Crippen molar-refractivity contribution in [3.8, 4) is 0 Å². The van der Waals surface area contributed by atoms with Crippen LogP contribution in [-0.4, -0.2) is 25.2 Å². The van der Waals surface area contributed by atoms with E-state index in [1.165, 1.54) is 0 Å². The largest absolute Gasteiger partial charge is 0.462 e. The molecule has 0 radical (unpaired) electrons. The Kier molecular flexibility index (Phi) is 3.72. The molecule has 1 fully saturated rings. The number of fused-ring (bicyclic) bond motifs is 6. The molecule has 2 heterocycles. The van der Waals surface area contributed by atoms with Crippen molar-refractivity contribution in [3.63, 3.8) is 0 Å². The molecule has 0 spiro atoms. The van der Waals surface area contributed by atoms with Crippen LogP contribution in [0.25, 0.3) is 0 Å². The summed E-state index contributed by atoms with van der Waals surface area (Å²) in [7, 11) is 0. The predicted octanol–water partition coefficient (Wildman–Crippen LogP) is 2.82. The highest BCUT2D eigenvalue weighted by atomic mass is 16.5. The fourth-order valence-electron chi connectivity index (χ4n) is 3.00. The Hall–Kier alpha value is -1.84. The van der Waals surface area contributed by atoms with E-state index in [9.17, 15) is 9.59 Å². The second kappa shape index (κ2) is 5.65. The lowest BCUT2D eigenvalue weighted by atomic mass is 9.80. The van der Waals surface area contributed by atoms with E-state index in [1.54, 1.807) is 24.3 Å². The highest BCUT2D eigenvalue weighted by Gasteiger charge is 2.28. The topological polar surface area (TPSA) is 52.6 Å². The predicted molar refractivity (Wildman–Crippen MR) is 72.5 cm³/mol. The number of hydrogen-bond donors (Lipinski definition) is 0. The number of rotatable bonds is 0. The quantitative estimate of drug-likeness (QED) is 0.683. The maximum atomic E-state index is 12.0. The number of esters is 2. The zero-order chi connectivity index (χ0) is 13.9. The van der Waals surface area contributed by atoms with Crippen LogP contribution in [-0.2, 0) is 9.47 Å². The molecule has 1 aliphatic carbocycles. The number of benzene rings is 1. The lowest BCUT2D eigenvalue weighted by molar-refractivity contribution is 0.0134. The van der Waals surface area contributed by atoms with Crippen molar-refractivity contribution in [2.24, 2.45) is 11.8 Å². The number of carbonyl (C=O) groups is 2. The van der Waals surface area contributed by atoms with Gasteiger partial charge in [-0.05, 0) is 48.9 Å². The third kappa shape index (κ3) is 2.69. The summed E-state index contributed by atoms with van der Waals surface area (Å²) < 4.78 is 10.8. The van der Waals surface area contributed by atoms with Crippen molar-refractivity contribution in [3.05, 3.63) is 35.4 Å². The van der Waals surface area contributed by atoms with E-state index in [0.29, 0.717) is 36.2 Å². The molecule has 1 aromatic rings. The Balaban J connectivity index is 1.85. The first kappa shape index (κ1) is 13.2. The molecule has 0 N–H and O–H groups in total. The molecule has 1 aromatic carbocycles. The van der Waals surface area contributed by atoms with Crippen molar-refractivity contribution in [1.29, 1.82) is 0 Å². The molecule has 3 aliphatic rings.